The topological polar surface area (TPSA) is 64.3 Å². The minimum Gasteiger partial charge on any atom is -0.482 e. The lowest BCUT2D eigenvalue weighted by atomic mass is 10.1. The fraction of sp³-hybridized carbons (Fsp3) is 0.417. The Labute approximate surface area is 106 Å². The summed E-state index contributed by atoms with van der Waals surface area (Å²) in [6.07, 6.45) is 0.656. The second kappa shape index (κ2) is 6.47. The molecule has 0 radical (unpaired) electrons. The van der Waals surface area contributed by atoms with Gasteiger partial charge in [0.25, 0.3) is 5.91 Å². The zero-order chi connectivity index (χ0) is 12.8. The third-order valence-electron chi connectivity index (χ3n) is 2.22. The average molecular weight is 257 g/mol. The van der Waals surface area contributed by atoms with Crippen LogP contribution >= 0.6 is 11.6 Å². The molecule has 0 aromatic heterocycles. The lowest BCUT2D eigenvalue weighted by Gasteiger charge is -2.14. The minimum atomic E-state index is -0.198. The first-order chi connectivity index (χ1) is 8.04. The monoisotopic (exact) mass is 256 g/mol. The van der Waals surface area contributed by atoms with E-state index in [0.717, 1.165) is 5.56 Å². The van der Waals surface area contributed by atoms with Gasteiger partial charge in [0.2, 0.25) is 0 Å². The molecule has 0 heterocycles. The normalized spacial score (nSPS) is 12.0. The molecule has 94 valence electrons. The van der Waals surface area contributed by atoms with E-state index in [0.29, 0.717) is 17.2 Å². The van der Waals surface area contributed by atoms with Gasteiger partial charge in [-0.3, -0.25) is 4.79 Å². The van der Waals surface area contributed by atoms with Crippen molar-refractivity contribution in [2.75, 3.05) is 13.7 Å². The van der Waals surface area contributed by atoms with Gasteiger partial charge in [0.05, 0.1) is 5.02 Å². The molecule has 0 aliphatic rings. The van der Waals surface area contributed by atoms with Crippen molar-refractivity contribution in [1.29, 1.82) is 0 Å². The molecule has 1 aromatic carbocycles. The fourth-order valence-electron chi connectivity index (χ4n) is 1.43. The molecule has 4 nitrogen and oxygen atoms in total. The standard InChI is InChI=1S/C12H17ClN2O2/c1-8(14)6-9-4-3-5-10(13)12(9)17-7-11(16)15-2/h3-5,8H,6-7,14H2,1-2H3,(H,15,16). The van der Waals surface area contributed by atoms with Crippen molar-refractivity contribution < 1.29 is 9.53 Å². The van der Waals surface area contributed by atoms with Crippen LogP contribution in [0.2, 0.25) is 5.02 Å². The van der Waals surface area contributed by atoms with E-state index < -0.39 is 0 Å². The maximum Gasteiger partial charge on any atom is 0.257 e. The number of hydrogen-bond acceptors (Lipinski definition) is 3. The van der Waals surface area contributed by atoms with Gasteiger partial charge in [-0.25, -0.2) is 0 Å². The Morgan fingerprint density at radius 1 is 1.59 bits per heavy atom. The summed E-state index contributed by atoms with van der Waals surface area (Å²) in [4.78, 5) is 11.1. The summed E-state index contributed by atoms with van der Waals surface area (Å²) < 4.78 is 5.42. The number of amides is 1. The molecule has 0 bridgehead atoms. The fourth-order valence-corrected chi connectivity index (χ4v) is 1.68. The molecule has 3 N–H and O–H groups in total. The number of likely N-dealkylation sites (N-methyl/N-ethyl adjacent to an activating group) is 1. The predicted molar refractivity (Wildman–Crippen MR) is 68.4 cm³/mol. The van der Waals surface area contributed by atoms with E-state index in [-0.39, 0.29) is 18.6 Å². The third-order valence-corrected chi connectivity index (χ3v) is 2.51. The van der Waals surface area contributed by atoms with E-state index in [2.05, 4.69) is 5.32 Å². The maximum atomic E-state index is 11.1. The van der Waals surface area contributed by atoms with E-state index in [4.69, 9.17) is 22.1 Å². The summed E-state index contributed by atoms with van der Waals surface area (Å²) in [7, 11) is 1.56. The highest BCUT2D eigenvalue weighted by molar-refractivity contribution is 6.32. The molecule has 0 aliphatic carbocycles. The van der Waals surface area contributed by atoms with Gasteiger partial charge in [-0.15, -0.1) is 0 Å². The summed E-state index contributed by atoms with van der Waals surface area (Å²) in [6, 6.07) is 5.47. The van der Waals surface area contributed by atoms with Gasteiger partial charge < -0.3 is 15.8 Å². The van der Waals surface area contributed by atoms with Gasteiger partial charge in [-0.1, -0.05) is 23.7 Å². The first-order valence-corrected chi connectivity index (χ1v) is 5.78. The largest absolute Gasteiger partial charge is 0.482 e. The Morgan fingerprint density at radius 3 is 2.88 bits per heavy atom. The molecule has 0 aliphatic heterocycles. The number of ether oxygens (including phenoxy) is 1. The second-order valence-electron chi connectivity index (χ2n) is 3.87. The van der Waals surface area contributed by atoms with Crippen molar-refractivity contribution in [3.05, 3.63) is 28.8 Å². The zero-order valence-corrected chi connectivity index (χ0v) is 10.8. The molecule has 1 amide bonds. The van der Waals surface area contributed by atoms with Gasteiger partial charge in [0.15, 0.2) is 6.61 Å². The van der Waals surface area contributed by atoms with Crippen LogP contribution < -0.4 is 15.8 Å². The van der Waals surface area contributed by atoms with E-state index in [1.54, 1.807) is 13.1 Å². The quantitative estimate of drug-likeness (QED) is 0.836. The number of halogens is 1. The number of benzene rings is 1. The lowest BCUT2D eigenvalue weighted by Crippen LogP contribution is -2.25. The molecule has 0 spiro atoms. The molecule has 1 atom stereocenters. The van der Waals surface area contributed by atoms with Gasteiger partial charge in [-0.2, -0.15) is 0 Å². The van der Waals surface area contributed by atoms with Gasteiger partial charge in [0.1, 0.15) is 5.75 Å². The van der Waals surface area contributed by atoms with Gasteiger partial charge >= 0.3 is 0 Å². The van der Waals surface area contributed by atoms with Crippen molar-refractivity contribution in [2.45, 2.75) is 19.4 Å². The molecule has 5 heteroatoms. The zero-order valence-electron chi connectivity index (χ0n) is 10.00. The van der Waals surface area contributed by atoms with Crippen molar-refractivity contribution in [3.63, 3.8) is 0 Å². The maximum absolute atomic E-state index is 11.1. The van der Waals surface area contributed by atoms with Crippen LogP contribution in [0.25, 0.3) is 0 Å². The Bertz CT molecular complexity index is 394. The molecule has 1 aromatic rings. The molecular weight excluding hydrogens is 240 g/mol. The molecule has 1 rings (SSSR count). The molecule has 0 fully saturated rings. The summed E-state index contributed by atoms with van der Waals surface area (Å²) in [5.74, 6) is 0.340. The van der Waals surface area contributed by atoms with E-state index >= 15 is 0 Å². The lowest BCUT2D eigenvalue weighted by molar-refractivity contribution is -0.122. The van der Waals surface area contributed by atoms with Crippen molar-refractivity contribution in [1.82, 2.24) is 5.32 Å². The summed E-state index contributed by atoms with van der Waals surface area (Å²) in [5, 5.41) is 2.98. The predicted octanol–water partition coefficient (Wildman–Crippen LogP) is 1.35. The smallest absolute Gasteiger partial charge is 0.257 e. The SMILES string of the molecule is CNC(=O)COc1c(Cl)cccc1CC(C)N. The molecular formula is C12H17ClN2O2. The summed E-state index contributed by atoms with van der Waals surface area (Å²) >= 11 is 6.04. The van der Waals surface area contributed by atoms with Crippen LogP contribution in [0.4, 0.5) is 0 Å². The van der Waals surface area contributed by atoms with Crippen LogP contribution in [-0.4, -0.2) is 25.6 Å². The highest BCUT2D eigenvalue weighted by atomic mass is 35.5. The van der Waals surface area contributed by atoms with Crippen LogP contribution in [0.5, 0.6) is 5.75 Å². The second-order valence-corrected chi connectivity index (χ2v) is 4.28. The Morgan fingerprint density at radius 2 is 2.29 bits per heavy atom. The van der Waals surface area contributed by atoms with E-state index in [1.165, 1.54) is 0 Å². The van der Waals surface area contributed by atoms with Crippen LogP contribution in [-0.2, 0) is 11.2 Å². The Kier molecular flexibility index (Phi) is 5.25. The van der Waals surface area contributed by atoms with E-state index in [9.17, 15) is 4.79 Å². The number of carbonyl (C=O) groups excluding carboxylic acids is 1. The van der Waals surface area contributed by atoms with Crippen LogP contribution in [0, 0.1) is 0 Å². The number of hydrogen-bond donors (Lipinski definition) is 2. The van der Waals surface area contributed by atoms with Crippen LogP contribution in [0.15, 0.2) is 18.2 Å². The first kappa shape index (κ1) is 13.8. The molecule has 17 heavy (non-hydrogen) atoms. The Hall–Kier alpha value is -1.26. The number of nitrogens with two attached hydrogens (primary N) is 1. The van der Waals surface area contributed by atoms with Crippen LogP contribution in [0.1, 0.15) is 12.5 Å². The third kappa shape index (κ3) is 4.24. The van der Waals surface area contributed by atoms with Gasteiger partial charge in [0, 0.05) is 13.1 Å². The highest BCUT2D eigenvalue weighted by Crippen LogP contribution is 2.29. The molecule has 0 saturated carbocycles. The average Bonchev–Trinajstić information content (AvgIpc) is 2.27. The van der Waals surface area contributed by atoms with Gasteiger partial charge in [-0.05, 0) is 25.0 Å². The number of nitrogens with one attached hydrogen (secondary N) is 1. The van der Waals surface area contributed by atoms with Crippen molar-refractivity contribution in [3.8, 4) is 5.75 Å². The van der Waals surface area contributed by atoms with E-state index in [1.807, 2.05) is 19.1 Å². The van der Waals surface area contributed by atoms with Crippen molar-refractivity contribution in [2.24, 2.45) is 5.73 Å². The number of carbonyl (C=O) groups is 1. The molecule has 0 saturated heterocycles. The summed E-state index contributed by atoms with van der Waals surface area (Å²) in [6.45, 7) is 1.86. The first-order valence-electron chi connectivity index (χ1n) is 5.41. The van der Waals surface area contributed by atoms with Crippen molar-refractivity contribution >= 4 is 17.5 Å². The summed E-state index contributed by atoms with van der Waals surface area (Å²) in [5.41, 5.74) is 6.66. The highest BCUT2D eigenvalue weighted by Gasteiger charge is 2.11. The molecule has 1 unspecified atom stereocenters. The number of rotatable bonds is 5. The Balaban J connectivity index is 2.83. The number of para-hydroxylation sites is 1. The van der Waals surface area contributed by atoms with Crippen LogP contribution in [0.3, 0.4) is 0 Å². The minimum absolute atomic E-state index is 0.0100.